The van der Waals surface area contributed by atoms with Crippen molar-refractivity contribution in [2.45, 2.75) is 6.04 Å². The summed E-state index contributed by atoms with van der Waals surface area (Å²) in [6.07, 6.45) is 1.99. The highest BCUT2D eigenvalue weighted by molar-refractivity contribution is 7.17. The second-order valence-corrected chi connectivity index (χ2v) is 4.91. The van der Waals surface area contributed by atoms with Crippen molar-refractivity contribution in [3.8, 4) is 0 Å². The summed E-state index contributed by atoms with van der Waals surface area (Å²) in [6.45, 7) is 0. The van der Waals surface area contributed by atoms with E-state index in [1.807, 2.05) is 13.3 Å². The Kier molecular flexibility index (Phi) is 3.36. The first-order valence-corrected chi connectivity index (χ1v) is 6.17. The second-order valence-electron chi connectivity index (χ2n) is 4.00. The van der Waals surface area contributed by atoms with Gasteiger partial charge in [0.25, 0.3) is 0 Å². The molecule has 2 aromatic rings. The van der Waals surface area contributed by atoms with Crippen LogP contribution in [0.2, 0.25) is 0 Å². The highest BCUT2D eigenvalue weighted by atomic mass is 32.1. The van der Waals surface area contributed by atoms with Crippen LogP contribution in [0.3, 0.4) is 0 Å². The zero-order valence-corrected chi connectivity index (χ0v) is 10.7. The molecule has 0 amide bonds. The lowest BCUT2D eigenvalue weighted by Crippen LogP contribution is -2.20. The molecule has 0 spiro atoms. The molecule has 16 heavy (non-hydrogen) atoms. The largest absolute Gasteiger partial charge is 0.299 e. The van der Waals surface area contributed by atoms with Crippen LogP contribution in [0.25, 0.3) is 10.1 Å². The molecular weight excluding hydrogens is 216 g/mol. The lowest BCUT2D eigenvalue weighted by atomic mass is 10.1. The molecule has 2 nitrogen and oxygen atoms in total. The Morgan fingerprint density at radius 2 is 2.06 bits per heavy atom. The Morgan fingerprint density at radius 1 is 1.31 bits per heavy atom. The van der Waals surface area contributed by atoms with Crippen molar-refractivity contribution < 1.29 is 0 Å². The van der Waals surface area contributed by atoms with Gasteiger partial charge in [-0.1, -0.05) is 18.2 Å². The smallest absolute Gasteiger partial charge is 0.0710 e. The van der Waals surface area contributed by atoms with Crippen LogP contribution >= 0.6 is 11.3 Å². The standard InChI is InChI=1S/C13H16N2S/c1-14-8-12(15(2)3)11-9-16-13-7-5-4-6-10(11)13/h4-9,12H,1-3H3. The molecule has 1 heterocycles. The number of nitrogens with zero attached hydrogens (tertiary/aromatic N) is 2. The molecular formula is C13H16N2S. The van der Waals surface area contributed by atoms with Gasteiger partial charge in [-0.05, 0) is 36.5 Å². The van der Waals surface area contributed by atoms with Gasteiger partial charge in [0.05, 0.1) is 6.04 Å². The maximum atomic E-state index is 4.16. The second kappa shape index (κ2) is 4.76. The molecule has 0 N–H and O–H groups in total. The van der Waals surface area contributed by atoms with Crippen molar-refractivity contribution >= 4 is 27.6 Å². The summed E-state index contributed by atoms with van der Waals surface area (Å²) in [5, 5.41) is 3.57. The van der Waals surface area contributed by atoms with Crippen molar-refractivity contribution in [3.05, 3.63) is 35.2 Å². The quantitative estimate of drug-likeness (QED) is 0.742. The van der Waals surface area contributed by atoms with E-state index in [2.05, 4.69) is 53.6 Å². The molecule has 0 aliphatic carbocycles. The topological polar surface area (TPSA) is 15.6 Å². The summed E-state index contributed by atoms with van der Waals surface area (Å²) in [4.78, 5) is 6.34. The van der Waals surface area contributed by atoms with E-state index in [4.69, 9.17) is 0 Å². The molecule has 1 aromatic heterocycles. The van der Waals surface area contributed by atoms with Gasteiger partial charge in [-0.3, -0.25) is 9.89 Å². The summed E-state index contributed by atoms with van der Waals surface area (Å²) in [5.74, 6) is 0. The monoisotopic (exact) mass is 232 g/mol. The first-order valence-electron chi connectivity index (χ1n) is 5.29. The number of thiophene rings is 1. The van der Waals surface area contributed by atoms with Gasteiger partial charge >= 0.3 is 0 Å². The number of rotatable bonds is 3. The number of benzene rings is 1. The van der Waals surface area contributed by atoms with Crippen LogP contribution < -0.4 is 0 Å². The number of hydrogen-bond acceptors (Lipinski definition) is 3. The third-order valence-electron chi connectivity index (χ3n) is 2.68. The first kappa shape index (κ1) is 11.3. The van der Waals surface area contributed by atoms with E-state index >= 15 is 0 Å². The van der Waals surface area contributed by atoms with Crippen LogP contribution in [-0.2, 0) is 0 Å². The summed E-state index contributed by atoms with van der Waals surface area (Å²) < 4.78 is 1.34. The highest BCUT2D eigenvalue weighted by Crippen LogP contribution is 2.31. The Hall–Kier alpha value is -1.19. The highest BCUT2D eigenvalue weighted by Gasteiger charge is 2.15. The third kappa shape index (κ3) is 2.01. The fourth-order valence-electron chi connectivity index (χ4n) is 1.86. The van der Waals surface area contributed by atoms with E-state index in [-0.39, 0.29) is 6.04 Å². The van der Waals surface area contributed by atoms with E-state index in [1.54, 1.807) is 11.3 Å². The van der Waals surface area contributed by atoms with Crippen LogP contribution in [-0.4, -0.2) is 32.3 Å². The van der Waals surface area contributed by atoms with E-state index in [0.29, 0.717) is 0 Å². The molecule has 0 bridgehead atoms. The van der Waals surface area contributed by atoms with Gasteiger partial charge < -0.3 is 0 Å². The molecule has 0 saturated heterocycles. The van der Waals surface area contributed by atoms with Crippen LogP contribution in [0.4, 0.5) is 0 Å². The predicted octanol–water partition coefficient (Wildman–Crippen LogP) is 3.20. The predicted molar refractivity (Wildman–Crippen MR) is 72.7 cm³/mol. The number of aliphatic imine (C=N–C) groups is 1. The number of fused-ring (bicyclic) bond motifs is 1. The van der Waals surface area contributed by atoms with Crippen molar-refractivity contribution in [1.29, 1.82) is 0 Å². The Balaban J connectivity index is 2.52. The fraction of sp³-hybridized carbons (Fsp3) is 0.308. The maximum Gasteiger partial charge on any atom is 0.0710 e. The van der Waals surface area contributed by atoms with E-state index in [0.717, 1.165) is 0 Å². The zero-order valence-electron chi connectivity index (χ0n) is 9.84. The molecule has 0 aliphatic rings. The lowest BCUT2D eigenvalue weighted by molar-refractivity contribution is 0.376. The van der Waals surface area contributed by atoms with Gasteiger partial charge in [0.1, 0.15) is 0 Å². The Bertz CT molecular complexity index is 499. The molecule has 0 saturated carbocycles. The van der Waals surface area contributed by atoms with Gasteiger partial charge in [0.2, 0.25) is 0 Å². The Labute approximate surface area is 100 Å². The summed E-state index contributed by atoms with van der Waals surface area (Å²) in [7, 11) is 5.99. The molecule has 0 aliphatic heterocycles. The summed E-state index contributed by atoms with van der Waals surface area (Å²) in [5.41, 5.74) is 1.34. The van der Waals surface area contributed by atoms with E-state index in [9.17, 15) is 0 Å². The minimum atomic E-state index is 0.265. The normalized spacial score (nSPS) is 14.0. The molecule has 1 atom stereocenters. The van der Waals surface area contributed by atoms with Gasteiger partial charge in [-0.25, -0.2) is 0 Å². The van der Waals surface area contributed by atoms with E-state index in [1.165, 1.54) is 15.6 Å². The van der Waals surface area contributed by atoms with Crippen molar-refractivity contribution in [1.82, 2.24) is 4.90 Å². The van der Waals surface area contributed by atoms with Gasteiger partial charge in [0, 0.05) is 18.0 Å². The van der Waals surface area contributed by atoms with Crippen LogP contribution in [0.5, 0.6) is 0 Å². The van der Waals surface area contributed by atoms with Crippen molar-refractivity contribution in [2.24, 2.45) is 4.99 Å². The Morgan fingerprint density at radius 3 is 2.75 bits per heavy atom. The first-order chi connectivity index (χ1) is 7.74. The summed E-state index contributed by atoms with van der Waals surface area (Å²) in [6, 6.07) is 8.79. The van der Waals surface area contributed by atoms with Crippen LogP contribution in [0, 0.1) is 0 Å². The van der Waals surface area contributed by atoms with Crippen molar-refractivity contribution in [3.63, 3.8) is 0 Å². The van der Waals surface area contributed by atoms with Crippen molar-refractivity contribution in [2.75, 3.05) is 21.1 Å². The van der Waals surface area contributed by atoms with Crippen LogP contribution in [0.15, 0.2) is 34.6 Å². The summed E-state index contributed by atoms with van der Waals surface area (Å²) >= 11 is 1.80. The maximum absolute atomic E-state index is 4.16. The van der Waals surface area contributed by atoms with Gasteiger partial charge in [-0.15, -0.1) is 11.3 Å². The molecule has 0 fully saturated rings. The third-order valence-corrected chi connectivity index (χ3v) is 3.66. The lowest BCUT2D eigenvalue weighted by Gasteiger charge is -2.19. The fourth-order valence-corrected chi connectivity index (χ4v) is 2.85. The molecule has 84 valence electrons. The molecule has 3 heteroatoms. The van der Waals surface area contributed by atoms with Gasteiger partial charge in [0.15, 0.2) is 0 Å². The minimum absolute atomic E-state index is 0.265. The molecule has 0 radical (unpaired) electrons. The van der Waals surface area contributed by atoms with E-state index < -0.39 is 0 Å². The molecule has 1 unspecified atom stereocenters. The molecule has 2 rings (SSSR count). The number of hydrogen-bond donors (Lipinski definition) is 0. The zero-order chi connectivity index (χ0) is 11.5. The SMILES string of the molecule is CN=CC(c1csc2ccccc12)N(C)C. The average Bonchev–Trinajstić information content (AvgIpc) is 2.69. The average molecular weight is 232 g/mol. The minimum Gasteiger partial charge on any atom is -0.299 e. The molecule has 1 aromatic carbocycles. The van der Waals surface area contributed by atoms with Gasteiger partial charge in [-0.2, -0.15) is 0 Å². The van der Waals surface area contributed by atoms with Crippen LogP contribution in [0.1, 0.15) is 11.6 Å².